The first-order valence-corrected chi connectivity index (χ1v) is 9.74. The number of methoxy groups -OCH3 is 2. The molecule has 0 atom stereocenters. The van der Waals surface area contributed by atoms with Gasteiger partial charge in [0.25, 0.3) is 0 Å². The highest BCUT2D eigenvalue weighted by atomic mass is 35.5. The van der Waals surface area contributed by atoms with Gasteiger partial charge in [0.05, 0.1) is 24.0 Å². The monoisotopic (exact) mass is 421 g/mol. The first-order valence-electron chi connectivity index (χ1n) is 7.73. The maximum atomic E-state index is 6.02. The number of rotatable bonds is 8. The molecule has 7 nitrogen and oxygen atoms in total. The summed E-state index contributed by atoms with van der Waals surface area (Å²) in [6.45, 7) is 0. The van der Waals surface area contributed by atoms with Gasteiger partial charge in [0, 0.05) is 0 Å². The van der Waals surface area contributed by atoms with Crippen molar-refractivity contribution >= 4 is 47.4 Å². The number of nitrogens with zero attached hydrogens (tertiary/aromatic N) is 3. The summed E-state index contributed by atoms with van der Waals surface area (Å²) in [5, 5.41) is 0.0799. The maximum Gasteiger partial charge on any atom is 0.239 e. The molecule has 27 heavy (non-hydrogen) atoms. The molecule has 3 aromatic rings. The lowest BCUT2D eigenvalue weighted by atomic mass is 10.3. The molecule has 140 valence electrons. The molecule has 0 fully saturated rings. The largest absolute Gasteiger partial charge is 0.496 e. The Morgan fingerprint density at radius 1 is 0.741 bits per heavy atom. The van der Waals surface area contributed by atoms with Crippen LogP contribution in [0.4, 0.5) is 11.9 Å². The molecule has 0 unspecified atom stereocenters. The fourth-order valence-electron chi connectivity index (χ4n) is 2.05. The molecule has 1 aromatic heterocycles. The van der Waals surface area contributed by atoms with E-state index in [-0.39, 0.29) is 5.28 Å². The molecular weight excluding hydrogens is 406 g/mol. The van der Waals surface area contributed by atoms with Crippen molar-refractivity contribution in [2.75, 3.05) is 23.7 Å². The Kier molecular flexibility index (Phi) is 6.86. The van der Waals surface area contributed by atoms with Crippen LogP contribution in [0.1, 0.15) is 0 Å². The fourth-order valence-corrected chi connectivity index (χ4v) is 3.59. The molecular formula is C17H16ClN5O2S2. The zero-order valence-electron chi connectivity index (χ0n) is 14.5. The van der Waals surface area contributed by atoms with E-state index in [1.165, 1.54) is 23.9 Å². The number of aromatic nitrogens is 3. The standard InChI is InChI=1S/C17H16ClN5O2S2/c1-24-11-7-3-5-9-13(11)26-22-16-19-15(18)20-17(21-16)23-27-14-10-6-4-8-12(14)25-2/h3-10H,1-2H3,(H2,19,20,21,22,23). The summed E-state index contributed by atoms with van der Waals surface area (Å²) in [6.07, 6.45) is 0. The molecule has 0 saturated carbocycles. The number of benzene rings is 2. The van der Waals surface area contributed by atoms with Gasteiger partial charge in [-0.2, -0.15) is 15.0 Å². The average molecular weight is 422 g/mol. The fraction of sp³-hybridized carbons (Fsp3) is 0.118. The van der Waals surface area contributed by atoms with Crippen LogP contribution in [-0.4, -0.2) is 29.2 Å². The van der Waals surface area contributed by atoms with Crippen molar-refractivity contribution in [1.29, 1.82) is 0 Å². The molecule has 0 amide bonds. The molecule has 0 aliphatic carbocycles. The normalized spacial score (nSPS) is 10.3. The van der Waals surface area contributed by atoms with E-state index >= 15 is 0 Å². The van der Waals surface area contributed by atoms with Crippen molar-refractivity contribution in [1.82, 2.24) is 15.0 Å². The van der Waals surface area contributed by atoms with E-state index in [9.17, 15) is 0 Å². The number of hydrogen-bond acceptors (Lipinski definition) is 9. The highest BCUT2D eigenvalue weighted by Crippen LogP contribution is 2.31. The molecule has 0 aliphatic rings. The average Bonchev–Trinajstić information content (AvgIpc) is 2.70. The Morgan fingerprint density at radius 2 is 1.19 bits per heavy atom. The Balaban J connectivity index is 1.69. The lowest BCUT2D eigenvalue weighted by molar-refractivity contribution is 0.405. The molecule has 0 aliphatic heterocycles. The van der Waals surface area contributed by atoms with Crippen molar-refractivity contribution in [3.8, 4) is 11.5 Å². The molecule has 0 radical (unpaired) electrons. The number of halogens is 1. The summed E-state index contributed by atoms with van der Waals surface area (Å²) >= 11 is 8.66. The lowest BCUT2D eigenvalue weighted by Gasteiger charge is -2.10. The zero-order valence-corrected chi connectivity index (χ0v) is 16.9. The third-order valence-electron chi connectivity index (χ3n) is 3.25. The van der Waals surface area contributed by atoms with Crippen LogP contribution in [0.25, 0.3) is 0 Å². The highest BCUT2D eigenvalue weighted by Gasteiger charge is 2.09. The van der Waals surface area contributed by atoms with Crippen molar-refractivity contribution in [3.63, 3.8) is 0 Å². The summed E-state index contributed by atoms with van der Waals surface area (Å²) in [5.41, 5.74) is 0. The Bertz CT molecular complexity index is 846. The molecule has 2 aromatic carbocycles. The first kappa shape index (κ1) is 19.4. The molecule has 0 spiro atoms. The van der Waals surface area contributed by atoms with Gasteiger partial charge in [0.2, 0.25) is 17.2 Å². The first-order chi connectivity index (χ1) is 13.2. The zero-order chi connectivity index (χ0) is 19.1. The molecule has 1 heterocycles. The molecule has 0 saturated heterocycles. The molecule has 3 rings (SSSR count). The van der Waals surface area contributed by atoms with E-state index in [0.717, 1.165) is 21.3 Å². The number of ether oxygens (including phenoxy) is 2. The smallest absolute Gasteiger partial charge is 0.239 e. The predicted octanol–water partition coefficient (Wildman–Crippen LogP) is 4.78. The van der Waals surface area contributed by atoms with Crippen molar-refractivity contribution in [2.45, 2.75) is 9.79 Å². The Labute approximate surface area is 170 Å². The van der Waals surface area contributed by atoms with E-state index < -0.39 is 0 Å². The predicted molar refractivity (Wildman–Crippen MR) is 110 cm³/mol. The third kappa shape index (κ3) is 5.31. The van der Waals surface area contributed by atoms with Gasteiger partial charge in [-0.3, -0.25) is 9.44 Å². The number of nitrogens with one attached hydrogen (secondary N) is 2. The van der Waals surface area contributed by atoms with Gasteiger partial charge in [-0.15, -0.1) is 0 Å². The minimum absolute atomic E-state index is 0.0799. The van der Waals surface area contributed by atoms with Gasteiger partial charge in [0.1, 0.15) is 11.5 Å². The van der Waals surface area contributed by atoms with Gasteiger partial charge in [0.15, 0.2) is 0 Å². The van der Waals surface area contributed by atoms with Crippen LogP contribution < -0.4 is 18.9 Å². The highest BCUT2D eigenvalue weighted by molar-refractivity contribution is 8.01. The summed E-state index contributed by atoms with van der Waals surface area (Å²) in [4.78, 5) is 14.3. The van der Waals surface area contributed by atoms with Gasteiger partial charge >= 0.3 is 0 Å². The topological polar surface area (TPSA) is 81.2 Å². The van der Waals surface area contributed by atoms with Gasteiger partial charge in [-0.05, 0) is 59.8 Å². The van der Waals surface area contributed by atoms with Crippen LogP contribution in [0.3, 0.4) is 0 Å². The number of hydrogen-bond donors (Lipinski definition) is 2. The number of para-hydroxylation sites is 2. The van der Waals surface area contributed by atoms with Gasteiger partial charge in [-0.1, -0.05) is 24.3 Å². The summed E-state index contributed by atoms with van der Waals surface area (Å²) in [6, 6.07) is 15.3. The van der Waals surface area contributed by atoms with E-state index in [1.807, 2.05) is 48.5 Å². The Hall–Kier alpha value is -2.36. The summed E-state index contributed by atoms with van der Waals surface area (Å²) in [5.74, 6) is 2.16. The second-order valence-corrected chi connectivity index (χ2v) is 7.00. The van der Waals surface area contributed by atoms with Crippen molar-refractivity contribution in [2.24, 2.45) is 0 Å². The quantitative estimate of drug-likeness (QED) is 0.499. The number of anilines is 2. The van der Waals surface area contributed by atoms with E-state index in [1.54, 1.807) is 14.2 Å². The second kappa shape index (κ2) is 9.54. The third-order valence-corrected chi connectivity index (χ3v) is 5.10. The summed E-state index contributed by atoms with van der Waals surface area (Å²) in [7, 11) is 3.24. The minimum Gasteiger partial charge on any atom is -0.496 e. The SMILES string of the molecule is COc1ccccc1SNc1nc(Cl)nc(NSc2ccccc2OC)n1. The van der Waals surface area contributed by atoms with Crippen LogP contribution in [0.15, 0.2) is 58.3 Å². The van der Waals surface area contributed by atoms with Crippen LogP contribution >= 0.6 is 35.5 Å². The maximum absolute atomic E-state index is 6.02. The summed E-state index contributed by atoms with van der Waals surface area (Å²) < 4.78 is 16.8. The van der Waals surface area contributed by atoms with Crippen LogP contribution in [0.2, 0.25) is 5.28 Å². The van der Waals surface area contributed by atoms with Crippen LogP contribution in [0.5, 0.6) is 11.5 Å². The van der Waals surface area contributed by atoms with Crippen LogP contribution in [0, 0.1) is 0 Å². The molecule has 0 bridgehead atoms. The second-order valence-electron chi connectivity index (χ2n) is 4.96. The molecule has 10 heteroatoms. The van der Waals surface area contributed by atoms with Gasteiger partial charge < -0.3 is 9.47 Å². The van der Waals surface area contributed by atoms with E-state index in [4.69, 9.17) is 21.1 Å². The van der Waals surface area contributed by atoms with Crippen molar-refractivity contribution in [3.05, 3.63) is 53.8 Å². The Morgan fingerprint density at radius 3 is 1.63 bits per heavy atom. The van der Waals surface area contributed by atoms with E-state index in [0.29, 0.717) is 11.9 Å². The van der Waals surface area contributed by atoms with E-state index in [2.05, 4.69) is 24.4 Å². The lowest BCUT2D eigenvalue weighted by Crippen LogP contribution is -2.02. The minimum atomic E-state index is 0.0799. The van der Waals surface area contributed by atoms with Gasteiger partial charge in [-0.25, -0.2) is 0 Å². The van der Waals surface area contributed by atoms with Crippen LogP contribution in [-0.2, 0) is 0 Å². The van der Waals surface area contributed by atoms with Crippen molar-refractivity contribution < 1.29 is 9.47 Å². The molecule has 2 N–H and O–H groups in total.